The zero-order valence-electron chi connectivity index (χ0n) is 8.90. The lowest BCUT2D eigenvalue weighted by atomic mass is 10.1. The number of hydrogen-bond acceptors (Lipinski definition) is 4. The number of carbonyl (C=O) groups is 2. The molecule has 0 aliphatic carbocycles. The Bertz CT molecular complexity index is 256. The number of carboxylic acids is 1. The second-order valence-corrected chi connectivity index (χ2v) is 3.46. The number of nitrogens with one attached hydrogen (secondary N) is 1. The Balaban J connectivity index is 2.73. The van der Waals surface area contributed by atoms with Crippen molar-refractivity contribution in [3.8, 4) is 0 Å². The number of carboxylic acid groups (broad SMARTS) is 1. The molecule has 0 aromatic rings. The Morgan fingerprint density at radius 2 is 2.27 bits per heavy atom. The van der Waals surface area contributed by atoms with Gasteiger partial charge in [0.05, 0.1) is 13.2 Å². The third-order valence-electron chi connectivity index (χ3n) is 2.57. The minimum atomic E-state index is -0.925. The van der Waals surface area contributed by atoms with Gasteiger partial charge in [0.15, 0.2) is 0 Å². The number of hydrogen-bond donors (Lipinski definition) is 2. The van der Waals surface area contributed by atoms with E-state index in [-0.39, 0.29) is 12.5 Å². The lowest BCUT2D eigenvalue weighted by Gasteiger charge is -2.36. The average molecular weight is 216 g/mol. The number of carbonyl (C=O) groups excluding carboxylic acids is 1. The summed E-state index contributed by atoms with van der Waals surface area (Å²) in [6, 6.07) is -1.17. The van der Waals surface area contributed by atoms with Gasteiger partial charge in [0, 0.05) is 13.6 Å². The summed E-state index contributed by atoms with van der Waals surface area (Å²) >= 11 is 0. The number of amides is 1. The van der Waals surface area contributed by atoms with Crippen molar-refractivity contribution in [2.75, 3.05) is 26.8 Å². The molecule has 1 aliphatic heterocycles. The van der Waals surface area contributed by atoms with Crippen LogP contribution in [0.4, 0.5) is 0 Å². The van der Waals surface area contributed by atoms with Crippen LogP contribution in [0, 0.1) is 0 Å². The molecule has 6 nitrogen and oxygen atoms in total. The number of likely N-dealkylation sites (N-methyl/N-ethyl adjacent to an activating group) is 1. The Hall–Kier alpha value is -1.14. The van der Waals surface area contributed by atoms with E-state index in [1.54, 1.807) is 11.8 Å². The number of ether oxygens (including phenoxy) is 1. The highest BCUT2D eigenvalue weighted by Crippen LogP contribution is 2.11. The highest BCUT2D eigenvalue weighted by atomic mass is 16.5. The molecule has 1 rings (SSSR count). The van der Waals surface area contributed by atoms with E-state index in [1.165, 1.54) is 7.05 Å². The Morgan fingerprint density at radius 1 is 1.60 bits per heavy atom. The van der Waals surface area contributed by atoms with Crippen LogP contribution < -0.4 is 5.32 Å². The van der Waals surface area contributed by atoms with Crippen molar-refractivity contribution in [1.29, 1.82) is 0 Å². The van der Waals surface area contributed by atoms with E-state index in [4.69, 9.17) is 9.84 Å². The fourth-order valence-electron chi connectivity index (χ4n) is 1.61. The fraction of sp³-hybridized carbons (Fsp3) is 0.778. The molecule has 0 aromatic carbocycles. The number of nitrogens with zero attached hydrogens (tertiary/aromatic N) is 1. The van der Waals surface area contributed by atoms with Crippen molar-refractivity contribution in [3.63, 3.8) is 0 Å². The molecule has 1 heterocycles. The Morgan fingerprint density at radius 3 is 2.80 bits per heavy atom. The molecular formula is C9H16N2O4. The van der Waals surface area contributed by atoms with Gasteiger partial charge in [0.25, 0.3) is 0 Å². The average Bonchev–Trinajstić information content (AvgIpc) is 2.27. The number of aliphatic carboxylic acids is 1. The van der Waals surface area contributed by atoms with E-state index in [0.717, 1.165) is 0 Å². The summed E-state index contributed by atoms with van der Waals surface area (Å²) in [5, 5.41) is 11.4. The first-order valence-corrected chi connectivity index (χ1v) is 4.85. The number of morpholine rings is 1. The van der Waals surface area contributed by atoms with Crippen LogP contribution in [0.2, 0.25) is 0 Å². The summed E-state index contributed by atoms with van der Waals surface area (Å²) in [4.78, 5) is 24.0. The molecule has 1 fully saturated rings. The molecule has 1 saturated heterocycles. The zero-order chi connectivity index (χ0) is 11.4. The monoisotopic (exact) mass is 216 g/mol. The molecule has 6 heteroatoms. The van der Waals surface area contributed by atoms with Crippen molar-refractivity contribution < 1.29 is 19.4 Å². The standard InChI is InChI=1S/C9H16N2O4/c1-6(9(13)14)11-3-4-15-5-7(11)8(12)10-2/h6-7H,3-5H2,1-2H3,(H,10,12)(H,13,14). The molecule has 0 radical (unpaired) electrons. The normalized spacial score (nSPS) is 24.5. The van der Waals surface area contributed by atoms with Crippen LogP contribution >= 0.6 is 0 Å². The Labute approximate surface area is 88.2 Å². The lowest BCUT2D eigenvalue weighted by Crippen LogP contribution is -2.57. The quantitative estimate of drug-likeness (QED) is 0.626. The zero-order valence-corrected chi connectivity index (χ0v) is 8.90. The van der Waals surface area contributed by atoms with E-state index in [9.17, 15) is 9.59 Å². The van der Waals surface area contributed by atoms with Crippen LogP contribution in [0.15, 0.2) is 0 Å². The fourth-order valence-corrected chi connectivity index (χ4v) is 1.61. The van der Waals surface area contributed by atoms with Crippen molar-refractivity contribution in [1.82, 2.24) is 10.2 Å². The van der Waals surface area contributed by atoms with Gasteiger partial charge in [-0.1, -0.05) is 0 Å². The minimum absolute atomic E-state index is 0.206. The molecule has 2 atom stereocenters. The smallest absolute Gasteiger partial charge is 0.320 e. The highest BCUT2D eigenvalue weighted by molar-refractivity contribution is 5.83. The minimum Gasteiger partial charge on any atom is -0.480 e. The predicted octanol–water partition coefficient (Wildman–Crippen LogP) is -1.09. The van der Waals surface area contributed by atoms with Crippen LogP contribution in [0.1, 0.15) is 6.92 Å². The Kier molecular flexibility index (Phi) is 4.05. The molecule has 1 amide bonds. The highest BCUT2D eigenvalue weighted by Gasteiger charge is 2.34. The van der Waals surface area contributed by atoms with Gasteiger partial charge in [0.2, 0.25) is 5.91 Å². The summed E-state index contributed by atoms with van der Waals surface area (Å²) in [6.07, 6.45) is 0. The van der Waals surface area contributed by atoms with Crippen molar-refractivity contribution in [2.45, 2.75) is 19.0 Å². The van der Waals surface area contributed by atoms with Gasteiger partial charge in [-0.2, -0.15) is 0 Å². The molecule has 0 saturated carbocycles. The van der Waals surface area contributed by atoms with Crippen LogP contribution in [0.5, 0.6) is 0 Å². The van der Waals surface area contributed by atoms with Gasteiger partial charge in [-0.05, 0) is 6.92 Å². The van der Waals surface area contributed by atoms with Gasteiger partial charge < -0.3 is 15.2 Å². The van der Waals surface area contributed by atoms with Gasteiger partial charge >= 0.3 is 5.97 Å². The molecule has 86 valence electrons. The summed E-state index contributed by atoms with van der Waals surface area (Å²) < 4.78 is 5.17. The maximum Gasteiger partial charge on any atom is 0.320 e. The van der Waals surface area contributed by atoms with Gasteiger partial charge in [-0.25, -0.2) is 0 Å². The second kappa shape index (κ2) is 5.09. The molecule has 2 unspecified atom stereocenters. The summed E-state index contributed by atoms with van der Waals surface area (Å²) in [7, 11) is 1.53. The maximum atomic E-state index is 11.5. The van der Waals surface area contributed by atoms with Gasteiger partial charge in [-0.3, -0.25) is 14.5 Å². The first-order valence-electron chi connectivity index (χ1n) is 4.85. The molecule has 2 N–H and O–H groups in total. The third-order valence-corrected chi connectivity index (χ3v) is 2.57. The predicted molar refractivity (Wildman–Crippen MR) is 52.5 cm³/mol. The van der Waals surface area contributed by atoms with Crippen LogP contribution in [-0.4, -0.2) is 60.8 Å². The summed E-state index contributed by atoms with van der Waals surface area (Å²) in [6.45, 7) is 2.75. The second-order valence-electron chi connectivity index (χ2n) is 3.46. The van der Waals surface area contributed by atoms with Gasteiger partial charge in [-0.15, -0.1) is 0 Å². The van der Waals surface area contributed by atoms with Crippen molar-refractivity contribution >= 4 is 11.9 Å². The summed E-state index contributed by atoms with van der Waals surface area (Å²) in [5.41, 5.74) is 0. The SMILES string of the molecule is CNC(=O)C1COCCN1C(C)C(=O)O. The molecule has 0 bridgehead atoms. The molecule has 0 spiro atoms. The van der Waals surface area contributed by atoms with Crippen molar-refractivity contribution in [3.05, 3.63) is 0 Å². The first-order chi connectivity index (χ1) is 7.07. The van der Waals surface area contributed by atoms with Gasteiger partial charge in [0.1, 0.15) is 12.1 Å². The summed E-state index contributed by atoms with van der Waals surface area (Å²) in [5.74, 6) is -1.13. The lowest BCUT2D eigenvalue weighted by molar-refractivity contribution is -0.149. The van der Waals surface area contributed by atoms with Crippen LogP contribution in [-0.2, 0) is 14.3 Å². The first kappa shape index (κ1) is 11.9. The van der Waals surface area contributed by atoms with E-state index >= 15 is 0 Å². The molecule has 1 aliphatic rings. The van der Waals surface area contributed by atoms with E-state index < -0.39 is 18.1 Å². The molecule has 15 heavy (non-hydrogen) atoms. The maximum absolute atomic E-state index is 11.5. The van der Waals surface area contributed by atoms with Crippen LogP contribution in [0.3, 0.4) is 0 Å². The van der Waals surface area contributed by atoms with Crippen molar-refractivity contribution in [2.24, 2.45) is 0 Å². The third kappa shape index (κ3) is 2.66. The van der Waals surface area contributed by atoms with E-state index in [2.05, 4.69) is 5.32 Å². The largest absolute Gasteiger partial charge is 0.480 e. The van der Waals surface area contributed by atoms with E-state index in [0.29, 0.717) is 13.2 Å². The topological polar surface area (TPSA) is 78.9 Å². The van der Waals surface area contributed by atoms with E-state index in [1.807, 2.05) is 0 Å². The number of rotatable bonds is 3. The van der Waals surface area contributed by atoms with Crippen LogP contribution in [0.25, 0.3) is 0 Å². The molecule has 0 aromatic heterocycles. The molecular weight excluding hydrogens is 200 g/mol.